The molecule has 3 nitrogen and oxygen atoms in total. The third-order valence-electron chi connectivity index (χ3n) is 3.47. The van der Waals surface area contributed by atoms with Gasteiger partial charge in [-0.15, -0.1) is 0 Å². The monoisotopic (exact) mass is 196 g/mol. The van der Waals surface area contributed by atoms with E-state index in [4.69, 9.17) is 0 Å². The van der Waals surface area contributed by atoms with E-state index < -0.39 is 0 Å². The van der Waals surface area contributed by atoms with Gasteiger partial charge in [-0.1, -0.05) is 12.8 Å². The van der Waals surface area contributed by atoms with Crippen LogP contribution in [0.1, 0.15) is 32.6 Å². The minimum absolute atomic E-state index is 0.274. The lowest BCUT2D eigenvalue weighted by Crippen LogP contribution is -2.53. The van der Waals surface area contributed by atoms with Crippen molar-refractivity contribution >= 4 is 5.91 Å². The predicted octanol–water partition coefficient (Wildman–Crippen LogP) is 0.997. The Bertz CT molecular complexity index is 213. The fourth-order valence-electron chi connectivity index (χ4n) is 2.30. The Hall–Kier alpha value is -0.570. The van der Waals surface area contributed by atoms with E-state index in [0.717, 1.165) is 19.6 Å². The number of rotatable bonds is 1. The maximum atomic E-state index is 12.0. The van der Waals surface area contributed by atoms with Gasteiger partial charge in [0.15, 0.2) is 0 Å². The number of likely N-dealkylation sites (tertiary alicyclic amines) is 1. The van der Waals surface area contributed by atoms with Gasteiger partial charge in [-0.05, 0) is 19.8 Å². The third-order valence-corrected chi connectivity index (χ3v) is 3.47. The molecule has 0 aromatic carbocycles. The molecule has 0 radical (unpaired) electrons. The van der Waals surface area contributed by atoms with Crippen LogP contribution in [0.15, 0.2) is 0 Å². The van der Waals surface area contributed by atoms with E-state index in [2.05, 4.69) is 17.1 Å². The summed E-state index contributed by atoms with van der Waals surface area (Å²) in [5.74, 6) is 0.661. The van der Waals surface area contributed by atoms with Gasteiger partial charge >= 0.3 is 0 Å². The van der Waals surface area contributed by atoms with Crippen LogP contribution in [0.25, 0.3) is 0 Å². The Balaban J connectivity index is 1.95. The molecule has 2 fully saturated rings. The molecule has 2 rings (SSSR count). The molecule has 0 aromatic heterocycles. The smallest absolute Gasteiger partial charge is 0.228 e. The van der Waals surface area contributed by atoms with Crippen LogP contribution in [0, 0.1) is 5.92 Å². The van der Waals surface area contributed by atoms with E-state index in [-0.39, 0.29) is 5.92 Å². The average Bonchev–Trinajstić information content (AvgIpc) is 2.26. The van der Waals surface area contributed by atoms with Crippen molar-refractivity contribution < 1.29 is 4.79 Å². The average molecular weight is 196 g/mol. The first kappa shape index (κ1) is 9.97. The molecule has 2 aliphatic rings. The van der Waals surface area contributed by atoms with Crippen molar-refractivity contribution in [3.05, 3.63) is 0 Å². The minimum Gasteiger partial charge on any atom is -0.340 e. The molecule has 80 valence electrons. The zero-order valence-corrected chi connectivity index (χ0v) is 8.96. The maximum Gasteiger partial charge on any atom is 0.228 e. The molecule has 0 saturated carbocycles. The van der Waals surface area contributed by atoms with Crippen molar-refractivity contribution in [2.45, 2.75) is 38.6 Å². The summed E-state index contributed by atoms with van der Waals surface area (Å²) in [5, 5.41) is 3.16. The standard InChI is InChI=1S/C11H20N2O/c1-9-5-3-2-4-6-13(9)11(14)10-7-12-8-10/h9-10,12H,2-8H2,1H3. The fraction of sp³-hybridized carbons (Fsp3) is 0.909. The second-order valence-electron chi connectivity index (χ2n) is 4.59. The summed E-state index contributed by atoms with van der Waals surface area (Å²) < 4.78 is 0. The highest BCUT2D eigenvalue weighted by atomic mass is 16.2. The number of amides is 1. The van der Waals surface area contributed by atoms with Crippen LogP contribution in [0.4, 0.5) is 0 Å². The highest BCUT2D eigenvalue weighted by molar-refractivity contribution is 5.80. The fourth-order valence-corrected chi connectivity index (χ4v) is 2.30. The molecule has 1 amide bonds. The van der Waals surface area contributed by atoms with Gasteiger partial charge in [0.25, 0.3) is 0 Å². The van der Waals surface area contributed by atoms with Crippen LogP contribution in [0.2, 0.25) is 0 Å². The van der Waals surface area contributed by atoms with Crippen LogP contribution in [-0.2, 0) is 4.79 Å². The molecule has 1 N–H and O–H groups in total. The van der Waals surface area contributed by atoms with Gasteiger partial charge in [-0.25, -0.2) is 0 Å². The molecule has 1 atom stereocenters. The lowest BCUT2D eigenvalue weighted by atomic mass is 10.0. The third kappa shape index (κ3) is 1.92. The lowest BCUT2D eigenvalue weighted by Gasteiger charge is -2.35. The number of nitrogens with one attached hydrogen (secondary N) is 1. The van der Waals surface area contributed by atoms with Crippen LogP contribution < -0.4 is 5.32 Å². The summed E-state index contributed by atoms with van der Waals surface area (Å²) in [6.07, 6.45) is 4.95. The second kappa shape index (κ2) is 4.30. The van der Waals surface area contributed by atoms with Crippen molar-refractivity contribution in [1.29, 1.82) is 0 Å². The Labute approximate surface area is 85.8 Å². The van der Waals surface area contributed by atoms with Crippen molar-refractivity contribution in [2.24, 2.45) is 5.92 Å². The molecular weight excluding hydrogens is 176 g/mol. The molecule has 0 aliphatic carbocycles. The lowest BCUT2D eigenvalue weighted by molar-refractivity contribution is -0.139. The quantitative estimate of drug-likeness (QED) is 0.678. The van der Waals surface area contributed by atoms with Gasteiger partial charge in [0.1, 0.15) is 0 Å². The molecule has 2 aliphatic heterocycles. The van der Waals surface area contributed by atoms with E-state index in [9.17, 15) is 4.79 Å². The topological polar surface area (TPSA) is 32.3 Å². The van der Waals surface area contributed by atoms with Gasteiger partial charge in [0.2, 0.25) is 5.91 Å². The molecule has 3 heteroatoms. The van der Waals surface area contributed by atoms with Gasteiger partial charge < -0.3 is 10.2 Å². The van der Waals surface area contributed by atoms with Crippen LogP contribution >= 0.6 is 0 Å². The summed E-state index contributed by atoms with van der Waals surface area (Å²) in [5.41, 5.74) is 0. The van der Waals surface area contributed by atoms with Crippen molar-refractivity contribution in [2.75, 3.05) is 19.6 Å². The van der Waals surface area contributed by atoms with Crippen LogP contribution in [0.5, 0.6) is 0 Å². The number of nitrogens with zero attached hydrogens (tertiary/aromatic N) is 1. The number of carbonyl (C=O) groups is 1. The zero-order valence-electron chi connectivity index (χ0n) is 8.96. The van der Waals surface area contributed by atoms with Crippen molar-refractivity contribution in [3.8, 4) is 0 Å². The Morgan fingerprint density at radius 2 is 2.07 bits per heavy atom. The summed E-state index contributed by atoms with van der Waals surface area (Å²) >= 11 is 0. The Morgan fingerprint density at radius 1 is 1.29 bits per heavy atom. The molecule has 14 heavy (non-hydrogen) atoms. The highest BCUT2D eigenvalue weighted by Gasteiger charge is 2.31. The van der Waals surface area contributed by atoms with E-state index in [0.29, 0.717) is 11.9 Å². The number of hydrogen-bond donors (Lipinski definition) is 1. The molecule has 0 spiro atoms. The normalized spacial score (nSPS) is 29.5. The van der Waals surface area contributed by atoms with Gasteiger partial charge in [-0.2, -0.15) is 0 Å². The van der Waals surface area contributed by atoms with Gasteiger partial charge in [-0.3, -0.25) is 4.79 Å². The highest BCUT2D eigenvalue weighted by Crippen LogP contribution is 2.19. The molecule has 0 aromatic rings. The van der Waals surface area contributed by atoms with E-state index >= 15 is 0 Å². The summed E-state index contributed by atoms with van der Waals surface area (Å²) in [6, 6.07) is 0.464. The van der Waals surface area contributed by atoms with E-state index in [1.54, 1.807) is 0 Å². The first-order valence-corrected chi connectivity index (χ1v) is 5.80. The Morgan fingerprint density at radius 3 is 2.71 bits per heavy atom. The first-order chi connectivity index (χ1) is 6.79. The Kier molecular flexibility index (Phi) is 3.06. The van der Waals surface area contributed by atoms with Crippen LogP contribution in [-0.4, -0.2) is 36.5 Å². The first-order valence-electron chi connectivity index (χ1n) is 5.80. The zero-order chi connectivity index (χ0) is 9.97. The van der Waals surface area contributed by atoms with Gasteiger partial charge in [0, 0.05) is 25.7 Å². The largest absolute Gasteiger partial charge is 0.340 e. The van der Waals surface area contributed by atoms with E-state index in [1.165, 1.54) is 25.7 Å². The maximum absolute atomic E-state index is 12.0. The summed E-state index contributed by atoms with van der Waals surface area (Å²) in [6.45, 7) is 4.95. The van der Waals surface area contributed by atoms with Gasteiger partial charge in [0.05, 0.1) is 5.92 Å². The molecule has 0 bridgehead atoms. The summed E-state index contributed by atoms with van der Waals surface area (Å²) in [4.78, 5) is 14.1. The van der Waals surface area contributed by atoms with E-state index in [1.807, 2.05) is 0 Å². The van der Waals surface area contributed by atoms with Crippen molar-refractivity contribution in [1.82, 2.24) is 10.2 Å². The summed E-state index contributed by atoms with van der Waals surface area (Å²) in [7, 11) is 0. The molecular formula is C11H20N2O. The molecule has 2 heterocycles. The molecule has 1 unspecified atom stereocenters. The minimum atomic E-state index is 0.274. The van der Waals surface area contributed by atoms with Crippen LogP contribution in [0.3, 0.4) is 0 Å². The number of carbonyl (C=O) groups excluding carboxylic acids is 1. The second-order valence-corrected chi connectivity index (χ2v) is 4.59. The molecule has 2 saturated heterocycles. The van der Waals surface area contributed by atoms with Crippen molar-refractivity contribution in [3.63, 3.8) is 0 Å². The predicted molar refractivity (Wildman–Crippen MR) is 56.0 cm³/mol. The number of hydrogen-bond acceptors (Lipinski definition) is 2. The SMILES string of the molecule is CC1CCCCCN1C(=O)C1CNC1.